The van der Waals surface area contributed by atoms with E-state index in [0.717, 1.165) is 12.0 Å². The van der Waals surface area contributed by atoms with Crippen LogP contribution in [0.5, 0.6) is 0 Å². The largest absolute Gasteiger partial charge is 0.333 e. The SMILES string of the molecule is O=[N+]([O-])[C@@H]([C@@H]1NCCc2ccccc21)S(=O)(=O)c1ccccc1. The van der Waals surface area contributed by atoms with Gasteiger partial charge >= 0.3 is 5.37 Å². The second kappa shape index (κ2) is 6.10. The van der Waals surface area contributed by atoms with Crippen molar-refractivity contribution in [3.8, 4) is 0 Å². The molecule has 3 rings (SSSR count). The Bertz CT molecular complexity index is 821. The summed E-state index contributed by atoms with van der Waals surface area (Å²) in [5.74, 6) is 0. The number of nitrogens with zero attached hydrogens (tertiary/aromatic N) is 1. The number of hydrogen-bond acceptors (Lipinski definition) is 5. The minimum absolute atomic E-state index is 0.0356. The Balaban J connectivity index is 2.10. The molecule has 0 spiro atoms. The summed E-state index contributed by atoms with van der Waals surface area (Å²) in [4.78, 5) is 10.9. The highest BCUT2D eigenvalue weighted by atomic mass is 32.2. The Hall–Kier alpha value is -2.25. The van der Waals surface area contributed by atoms with Gasteiger partial charge in [0.25, 0.3) is 0 Å². The van der Waals surface area contributed by atoms with Crippen LogP contribution in [0, 0.1) is 10.1 Å². The van der Waals surface area contributed by atoms with Crippen molar-refractivity contribution in [2.75, 3.05) is 6.54 Å². The van der Waals surface area contributed by atoms with Crippen molar-refractivity contribution in [3.63, 3.8) is 0 Å². The minimum Gasteiger partial charge on any atom is -0.303 e. The van der Waals surface area contributed by atoms with Gasteiger partial charge in [-0.25, -0.2) is 8.42 Å². The molecule has 0 bridgehead atoms. The van der Waals surface area contributed by atoms with Crippen molar-refractivity contribution in [2.24, 2.45) is 0 Å². The zero-order valence-electron chi connectivity index (χ0n) is 12.3. The van der Waals surface area contributed by atoms with E-state index in [-0.39, 0.29) is 4.90 Å². The average molecular weight is 332 g/mol. The summed E-state index contributed by atoms with van der Waals surface area (Å²) in [6.07, 6.45) is 0.725. The lowest BCUT2D eigenvalue weighted by atomic mass is 9.94. The molecule has 0 saturated carbocycles. The predicted molar refractivity (Wildman–Crippen MR) is 85.3 cm³/mol. The number of hydrogen-bond donors (Lipinski definition) is 1. The van der Waals surface area contributed by atoms with Crippen LogP contribution in [0.15, 0.2) is 59.5 Å². The topological polar surface area (TPSA) is 89.3 Å². The number of rotatable bonds is 4. The zero-order chi connectivity index (χ0) is 16.4. The lowest BCUT2D eigenvalue weighted by Gasteiger charge is -2.28. The third-order valence-electron chi connectivity index (χ3n) is 4.03. The molecular weight excluding hydrogens is 316 g/mol. The molecule has 1 heterocycles. The van der Waals surface area contributed by atoms with Gasteiger partial charge in [0.1, 0.15) is 6.04 Å². The molecule has 23 heavy (non-hydrogen) atoms. The monoisotopic (exact) mass is 332 g/mol. The summed E-state index contributed by atoms with van der Waals surface area (Å²) in [5, 5.41) is 12.9. The van der Waals surface area contributed by atoms with Crippen LogP contribution in [-0.2, 0) is 16.3 Å². The number of benzene rings is 2. The summed E-state index contributed by atoms with van der Waals surface area (Å²) in [6.45, 7) is 0.510. The van der Waals surface area contributed by atoms with Crippen LogP contribution in [0.1, 0.15) is 17.2 Å². The molecule has 1 aliphatic rings. The van der Waals surface area contributed by atoms with Crippen molar-refractivity contribution < 1.29 is 13.3 Å². The highest BCUT2D eigenvalue weighted by Gasteiger charge is 2.46. The summed E-state index contributed by atoms with van der Waals surface area (Å²) in [5.41, 5.74) is 1.63. The van der Waals surface area contributed by atoms with E-state index in [1.807, 2.05) is 12.1 Å². The fraction of sp³-hybridized carbons (Fsp3) is 0.250. The first kappa shape index (κ1) is 15.6. The number of sulfone groups is 1. The first-order chi connectivity index (χ1) is 11.0. The Morgan fingerprint density at radius 3 is 2.43 bits per heavy atom. The zero-order valence-corrected chi connectivity index (χ0v) is 13.1. The molecule has 0 saturated heterocycles. The molecule has 2 aromatic rings. The van der Waals surface area contributed by atoms with Crippen LogP contribution in [0.3, 0.4) is 0 Å². The molecule has 2 atom stereocenters. The van der Waals surface area contributed by atoms with E-state index in [1.54, 1.807) is 30.3 Å². The molecule has 120 valence electrons. The van der Waals surface area contributed by atoms with Crippen LogP contribution in [0.4, 0.5) is 0 Å². The minimum atomic E-state index is -4.10. The van der Waals surface area contributed by atoms with Gasteiger partial charge < -0.3 is 5.32 Å². The fourth-order valence-corrected chi connectivity index (χ4v) is 4.60. The molecule has 0 aliphatic carbocycles. The molecule has 0 radical (unpaired) electrons. The van der Waals surface area contributed by atoms with Crippen molar-refractivity contribution in [2.45, 2.75) is 22.7 Å². The molecule has 0 unspecified atom stereocenters. The van der Waals surface area contributed by atoms with Crippen LogP contribution < -0.4 is 5.32 Å². The van der Waals surface area contributed by atoms with E-state index < -0.39 is 26.2 Å². The van der Waals surface area contributed by atoms with Gasteiger partial charge in [-0.15, -0.1) is 0 Å². The molecule has 0 aromatic heterocycles. The standard InChI is InChI=1S/C16H16N2O4S/c19-18(20)16(23(21,22)13-7-2-1-3-8-13)15-14-9-5-4-6-12(14)10-11-17-15/h1-9,15-17H,10-11H2/t15-,16-/m1/s1. The highest BCUT2D eigenvalue weighted by molar-refractivity contribution is 7.91. The van der Waals surface area contributed by atoms with E-state index in [9.17, 15) is 18.5 Å². The first-order valence-electron chi connectivity index (χ1n) is 7.25. The lowest BCUT2D eigenvalue weighted by molar-refractivity contribution is -0.502. The van der Waals surface area contributed by atoms with Crippen LogP contribution in [0.2, 0.25) is 0 Å². The van der Waals surface area contributed by atoms with E-state index >= 15 is 0 Å². The Morgan fingerprint density at radius 2 is 1.74 bits per heavy atom. The van der Waals surface area contributed by atoms with E-state index in [1.165, 1.54) is 12.1 Å². The van der Waals surface area contributed by atoms with E-state index in [2.05, 4.69) is 5.32 Å². The molecule has 0 amide bonds. The molecule has 1 aliphatic heterocycles. The Labute approximate surface area is 134 Å². The van der Waals surface area contributed by atoms with Gasteiger partial charge in [-0.05, 0) is 29.7 Å². The molecule has 6 nitrogen and oxygen atoms in total. The van der Waals surface area contributed by atoms with Gasteiger partial charge in [0.05, 0.1) is 4.90 Å². The summed E-state index contributed by atoms with van der Waals surface area (Å²) in [7, 11) is -4.10. The van der Waals surface area contributed by atoms with Crippen molar-refractivity contribution >= 4 is 9.84 Å². The van der Waals surface area contributed by atoms with Gasteiger partial charge in [-0.1, -0.05) is 42.5 Å². The lowest BCUT2D eigenvalue weighted by Crippen LogP contribution is -2.45. The highest BCUT2D eigenvalue weighted by Crippen LogP contribution is 2.31. The van der Waals surface area contributed by atoms with Crippen LogP contribution >= 0.6 is 0 Å². The second-order valence-electron chi connectivity index (χ2n) is 5.41. The smallest absolute Gasteiger partial charge is 0.303 e. The van der Waals surface area contributed by atoms with Crippen LogP contribution in [-0.4, -0.2) is 25.3 Å². The maximum atomic E-state index is 12.8. The summed E-state index contributed by atoms with van der Waals surface area (Å²) in [6, 6.07) is 14.0. The fourth-order valence-electron chi connectivity index (χ4n) is 2.96. The van der Waals surface area contributed by atoms with Crippen molar-refractivity contribution in [1.82, 2.24) is 5.32 Å². The third-order valence-corrected chi connectivity index (χ3v) is 6.04. The number of nitro groups is 1. The first-order valence-corrected chi connectivity index (χ1v) is 8.80. The maximum Gasteiger partial charge on any atom is 0.333 e. The Kier molecular flexibility index (Phi) is 4.14. The molecule has 7 heteroatoms. The average Bonchev–Trinajstić information content (AvgIpc) is 2.55. The molecular formula is C16H16N2O4S. The van der Waals surface area contributed by atoms with Crippen LogP contribution in [0.25, 0.3) is 0 Å². The normalized spacial score (nSPS) is 18.9. The molecule has 0 fully saturated rings. The number of fused-ring (bicyclic) bond motifs is 1. The van der Waals surface area contributed by atoms with Gasteiger partial charge in [0.2, 0.25) is 9.84 Å². The molecule has 2 aromatic carbocycles. The van der Waals surface area contributed by atoms with Gasteiger partial charge in [-0.2, -0.15) is 0 Å². The predicted octanol–water partition coefficient (Wildman–Crippen LogP) is 1.95. The van der Waals surface area contributed by atoms with E-state index in [0.29, 0.717) is 12.1 Å². The molecule has 1 N–H and O–H groups in total. The quantitative estimate of drug-likeness (QED) is 0.683. The third kappa shape index (κ3) is 2.85. The van der Waals surface area contributed by atoms with Crippen molar-refractivity contribution in [1.29, 1.82) is 0 Å². The second-order valence-corrected chi connectivity index (χ2v) is 7.46. The van der Waals surface area contributed by atoms with Gasteiger partial charge in [0.15, 0.2) is 0 Å². The summed E-state index contributed by atoms with van der Waals surface area (Å²) >= 11 is 0. The Morgan fingerprint density at radius 1 is 1.09 bits per heavy atom. The van der Waals surface area contributed by atoms with E-state index in [4.69, 9.17) is 0 Å². The maximum absolute atomic E-state index is 12.8. The van der Waals surface area contributed by atoms with Gasteiger partial charge in [0, 0.05) is 11.5 Å². The number of nitrogens with one attached hydrogen (secondary N) is 1. The van der Waals surface area contributed by atoms with Gasteiger partial charge in [-0.3, -0.25) is 10.1 Å². The van der Waals surface area contributed by atoms with Crippen molar-refractivity contribution in [3.05, 3.63) is 75.8 Å². The summed E-state index contributed by atoms with van der Waals surface area (Å²) < 4.78 is 25.6.